The lowest BCUT2D eigenvalue weighted by Crippen LogP contribution is -1.96. The Kier molecular flexibility index (Phi) is 6.49. The van der Waals surface area contributed by atoms with Gasteiger partial charge in [0, 0.05) is 36.6 Å². The normalized spacial score (nSPS) is 11.8. The molecule has 0 aliphatic carbocycles. The summed E-state index contributed by atoms with van der Waals surface area (Å²) in [7, 11) is 0. The summed E-state index contributed by atoms with van der Waals surface area (Å²) in [5.41, 5.74) is 11.1. The molecule has 0 aliphatic heterocycles. The third-order valence-corrected chi connectivity index (χ3v) is 12.0. The predicted molar refractivity (Wildman–Crippen MR) is 225 cm³/mol. The standard InChI is InChI=1S/C50H31NS/c1-3-14-32(15-4-1)48-40-20-7-8-21-41(40)49(33-16-5-2-6-17-33)44-31-35(27-29-42(44)48)51-45-24-11-9-18-37(45)38-28-26-34(30-46(38)51)36-22-13-23-43-39-19-10-12-25-47(39)52-50(36)43/h1-31H. The number of hydrogen-bond donors (Lipinski definition) is 0. The average molecular weight is 678 g/mol. The summed E-state index contributed by atoms with van der Waals surface area (Å²) < 4.78 is 5.14. The third kappa shape index (κ3) is 4.35. The second-order valence-corrected chi connectivity index (χ2v) is 14.7. The Labute approximate surface area is 305 Å². The van der Waals surface area contributed by atoms with Crippen LogP contribution in [-0.4, -0.2) is 4.57 Å². The molecule has 0 amide bonds. The second kappa shape index (κ2) is 11.5. The largest absolute Gasteiger partial charge is 0.309 e. The molecular weight excluding hydrogens is 647 g/mol. The van der Waals surface area contributed by atoms with Crippen molar-refractivity contribution in [2.45, 2.75) is 0 Å². The molecule has 0 bridgehead atoms. The van der Waals surface area contributed by atoms with Gasteiger partial charge < -0.3 is 4.57 Å². The van der Waals surface area contributed by atoms with Gasteiger partial charge in [-0.2, -0.15) is 0 Å². The van der Waals surface area contributed by atoms with Gasteiger partial charge in [-0.05, 0) is 85.3 Å². The van der Waals surface area contributed by atoms with E-state index in [-0.39, 0.29) is 0 Å². The molecule has 1 nitrogen and oxygen atoms in total. The molecule has 2 heteroatoms. The first kappa shape index (κ1) is 29.3. The van der Waals surface area contributed by atoms with Crippen LogP contribution in [-0.2, 0) is 0 Å². The molecular formula is C50H31NS. The fourth-order valence-corrected chi connectivity index (χ4v) is 9.77. The van der Waals surface area contributed by atoms with Gasteiger partial charge in [0.15, 0.2) is 0 Å². The van der Waals surface area contributed by atoms with E-state index in [0.29, 0.717) is 0 Å². The van der Waals surface area contributed by atoms with E-state index >= 15 is 0 Å². The number of benzene rings is 9. The van der Waals surface area contributed by atoms with Crippen LogP contribution >= 0.6 is 11.3 Å². The Morgan fingerprint density at radius 3 is 1.63 bits per heavy atom. The van der Waals surface area contributed by atoms with E-state index in [0.717, 1.165) is 5.69 Å². The molecule has 0 radical (unpaired) electrons. The van der Waals surface area contributed by atoms with E-state index in [1.807, 2.05) is 11.3 Å². The van der Waals surface area contributed by atoms with Crippen molar-refractivity contribution in [2.24, 2.45) is 0 Å². The maximum absolute atomic E-state index is 2.48. The zero-order valence-electron chi connectivity index (χ0n) is 28.3. The van der Waals surface area contributed by atoms with Crippen molar-refractivity contribution >= 4 is 74.9 Å². The van der Waals surface area contributed by atoms with Crippen LogP contribution in [0.2, 0.25) is 0 Å². The van der Waals surface area contributed by atoms with Gasteiger partial charge in [-0.25, -0.2) is 0 Å². The van der Waals surface area contributed by atoms with Crippen LogP contribution in [0.15, 0.2) is 188 Å². The van der Waals surface area contributed by atoms with Gasteiger partial charge in [0.2, 0.25) is 0 Å². The zero-order valence-corrected chi connectivity index (χ0v) is 29.1. The van der Waals surface area contributed by atoms with Crippen LogP contribution in [0.25, 0.3) is 103 Å². The second-order valence-electron chi connectivity index (χ2n) is 13.6. The van der Waals surface area contributed by atoms with Crippen molar-refractivity contribution in [1.29, 1.82) is 0 Å². The molecule has 0 saturated carbocycles. The number of rotatable bonds is 4. The lowest BCUT2D eigenvalue weighted by atomic mass is 9.86. The third-order valence-electron chi connectivity index (χ3n) is 10.8. The number of nitrogens with zero attached hydrogens (tertiary/aromatic N) is 1. The first-order chi connectivity index (χ1) is 25.8. The molecule has 0 spiro atoms. The van der Waals surface area contributed by atoms with Crippen molar-refractivity contribution < 1.29 is 0 Å². The highest BCUT2D eigenvalue weighted by atomic mass is 32.1. The molecule has 9 aromatic carbocycles. The highest BCUT2D eigenvalue weighted by Gasteiger charge is 2.20. The maximum Gasteiger partial charge on any atom is 0.0547 e. The smallest absolute Gasteiger partial charge is 0.0547 e. The predicted octanol–water partition coefficient (Wildman–Crippen LogP) is 14.5. The van der Waals surface area contributed by atoms with Crippen LogP contribution in [0.1, 0.15) is 0 Å². The van der Waals surface area contributed by atoms with Crippen molar-refractivity contribution in [2.75, 3.05) is 0 Å². The zero-order chi connectivity index (χ0) is 34.2. The van der Waals surface area contributed by atoms with Gasteiger partial charge in [-0.3, -0.25) is 0 Å². The van der Waals surface area contributed by atoms with Crippen LogP contribution in [0, 0.1) is 0 Å². The number of para-hydroxylation sites is 1. The summed E-state index contributed by atoms with van der Waals surface area (Å²) in [6, 6.07) is 69.2. The molecule has 11 aromatic rings. The summed E-state index contributed by atoms with van der Waals surface area (Å²) in [5, 5.41) is 10.2. The van der Waals surface area contributed by atoms with Gasteiger partial charge in [-0.1, -0.05) is 158 Å². The molecule has 0 unspecified atom stereocenters. The number of hydrogen-bond acceptors (Lipinski definition) is 1. The minimum atomic E-state index is 1.15. The van der Waals surface area contributed by atoms with Crippen LogP contribution in [0.5, 0.6) is 0 Å². The summed E-state index contributed by atoms with van der Waals surface area (Å²) in [6.45, 7) is 0. The minimum absolute atomic E-state index is 1.15. The lowest BCUT2D eigenvalue weighted by molar-refractivity contribution is 1.19. The van der Waals surface area contributed by atoms with Crippen molar-refractivity contribution in [3.05, 3.63) is 188 Å². The van der Waals surface area contributed by atoms with Crippen molar-refractivity contribution in [1.82, 2.24) is 4.57 Å². The number of fused-ring (bicyclic) bond motifs is 8. The van der Waals surface area contributed by atoms with E-state index < -0.39 is 0 Å². The maximum atomic E-state index is 2.48. The molecule has 2 heterocycles. The molecule has 0 N–H and O–H groups in total. The summed E-state index contributed by atoms with van der Waals surface area (Å²) >= 11 is 1.89. The quantitative estimate of drug-likeness (QED) is 0.163. The SMILES string of the molecule is c1ccc(-c2c3ccccc3c(-c3ccccc3)c3cc(-n4c5ccccc5c5ccc(-c6cccc7c6sc6ccccc67)cc54)ccc23)cc1. The number of thiophene rings is 1. The van der Waals surface area contributed by atoms with Crippen molar-refractivity contribution in [3.8, 4) is 39.1 Å². The van der Waals surface area contributed by atoms with Gasteiger partial charge in [0.05, 0.1) is 11.0 Å². The molecule has 0 aliphatic rings. The Balaban J connectivity index is 1.23. The lowest BCUT2D eigenvalue weighted by Gasteiger charge is -2.19. The summed E-state index contributed by atoms with van der Waals surface area (Å²) in [6.07, 6.45) is 0. The highest BCUT2D eigenvalue weighted by molar-refractivity contribution is 7.26. The average Bonchev–Trinajstić information content (AvgIpc) is 3.76. The Hall–Kier alpha value is -6.48. The molecule has 0 saturated heterocycles. The molecule has 2 aromatic heterocycles. The van der Waals surface area contributed by atoms with Crippen LogP contribution in [0.3, 0.4) is 0 Å². The first-order valence-electron chi connectivity index (χ1n) is 17.9. The van der Waals surface area contributed by atoms with Crippen LogP contribution < -0.4 is 0 Å². The Morgan fingerprint density at radius 1 is 0.327 bits per heavy atom. The van der Waals surface area contributed by atoms with Crippen LogP contribution in [0.4, 0.5) is 0 Å². The molecule has 11 rings (SSSR count). The van der Waals surface area contributed by atoms with Gasteiger partial charge in [0.1, 0.15) is 0 Å². The van der Waals surface area contributed by atoms with E-state index in [4.69, 9.17) is 0 Å². The van der Waals surface area contributed by atoms with Gasteiger partial charge in [-0.15, -0.1) is 11.3 Å². The minimum Gasteiger partial charge on any atom is -0.309 e. The summed E-state index contributed by atoms with van der Waals surface area (Å²) in [4.78, 5) is 0. The number of aromatic nitrogens is 1. The van der Waals surface area contributed by atoms with E-state index in [1.54, 1.807) is 0 Å². The van der Waals surface area contributed by atoms with E-state index in [9.17, 15) is 0 Å². The van der Waals surface area contributed by atoms with Gasteiger partial charge >= 0.3 is 0 Å². The molecule has 0 atom stereocenters. The van der Waals surface area contributed by atoms with E-state index in [1.165, 1.54) is 96.9 Å². The monoisotopic (exact) mass is 677 g/mol. The van der Waals surface area contributed by atoms with E-state index in [2.05, 4.69) is 193 Å². The highest BCUT2D eigenvalue weighted by Crippen LogP contribution is 2.46. The molecule has 52 heavy (non-hydrogen) atoms. The Morgan fingerprint density at radius 2 is 0.885 bits per heavy atom. The van der Waals surface area contributed by atoms with Crippen molar-refractivity contribution in [3.63, 3.8) is 0 Å². The van der Waals surface area contributed by atoms with Gasteiger partial charge in [0.25, 0.3) is 0 Å². The Bertz CT molecular complexity index is 3170. The molecule has 0 fully saturated rings. The molecule has 242 valence electrons. The fraction of sp³-hybridized carbons (Fsp3) is 0. The first-order valence-corrected chi connectivity index (χ1v) is 18.7. The topological polar surface area (TPSA) is 4.93 Å². The fourth-order valence-electron chi connectivity index (χ4n) is 8.53. The summed E-state index contributed by atoms with van der Waals surface area (Å²) in [5.74, 6) is 0.